The average molecular weight is 304 g/mol. The molecule has 0 bridgehead atoms. The Labute approximate surface area is 126 Å². The van der Waals surface area contributed by atoms with Gasteiger partial charge in [-0.15, -0.1) is 12.4 Å². The summed E-state index contributed by atoms with van der Waals surface area (Å²) in [6, 6.07) is 0.0813. The minimum absolute atomic E-state index is 0. The molecule has 0 aromatic carbocycles. The number of amides is 2. The van der Waals surface area contributed by atoms with Gasteiger partial charge in [0.15, 0.2) is 0 Å². The summed E-state index contributed by atoms with van der Waals surface area (Å²) >= 11 is 0. The smallest absolute Gasteiger partial charge is 0.223 e. The molecule has 2 amide bonds. The van der Waals surface area contributed by atoms with Crippen molar-refractivity contribution in [2.75, 3.05) is 13.1 Å². The van der Waals surface area contributed by atoms with Gasteiger partial charge in [-0.1, -0.05) is 19.3 Å². The second-order valence-corrected chi connectivity index (χ2v) is 5.79. The maximum Gasteiger partial charge on any atom is 0.223 e. The van der Waals surface area contributed by atoms with Gasteiger partial charge in [0.1, 0.15) is 0 Å². The van der Waals surface area contributed by atoms with Crippen LogP contribution in [-0.4, -0.2) is 30.9 Å². The Bertz CT molecular complexity index is 332. The fourth-order valence-corrected chi connectivity index (χ4v) is 3.21. The third kappa shape index (κ3) is 4.63. The van der Waals surface area contributed by atoms with Gasteiger partial charge in [-0.25, -0.2) is 0 Å². The van der Waals surface area contributed by atoms with E-state index in [1.807, 2.05) is 0 Å². The van der Waals surface area contributed by atoms with E-state index >= 15 is 0 Å². The molecule has 6 heteroatoms. The molecule has 20 heavy (non-hydrogen) atoms. The van der Waals surface area contributed by atoms with E-state index in [1.54, 1.807) is 0 Å². The van der Waals surface area contributed by atoms with E-state index in [4.69, 9.17) is 5.73 Å². The van der Waals surface area contributed by atoms with Gasteiger partial charge in [0, 0.05) is 31.5 Å². The first-order valence-corrected chi connectivity index (χ1v) is 7.48. The summed E-state index contributed by atoms with van der Waals surface area (Å²) < 4.78 is 0. The third-order valence-electron chi connectivity index (χ3n) is 4.42. The van der Waals surface area contributed by atoms with Gasteiger partial charge in [-0.2, -0.15) is 0 Å². The van der Waals surface area contributed by atoms with Crippen molar-refractivity contribution in [2.45, 2.75) is 51.0 Å². The number of halogens is 1. The molecule has 2 aliphatic rings. The first kappa shape index (κ1) is 17.2. The Balaban J connectivity index is 0.00000200. The molecule has 1 aliphatic heterocycles. The first-order chi connectivity index (χ1) is 9.20. The van der Waals surface area contributed by atoms with Crippen LogP contribution >= 0.6 is 12.4 Å². The summed E-state index contributed by atoms with van der Waals surface area (Å²) in [5, 5.41) is 5.84. The lowest BCUT2D eigenvalue weighted by Gasteiger charge is -2.31. The van der Waals surface area contributed by atoms with Crippen LogP contribution in [0.25, 0.3) is 0 Å². The van der Waals surface area contributed by atoms with Crippen LogP contribution in [0.15, 0.2) is 0 Å². The van der Waals surface area contributed by atoms with Gasteiger partial charge >= 0.3 is 0 Å². The van der Waals surface area contributed by atoms with Crippen molar-refractivity contribution >= 4 is 24.2 Å². The van der Waals surface area contributed by atoms with Crippen LogP contribution in [0.1, 0.15) is 44.9 Å². The molecule has 2 fully saturated rings. The van der Waals surface area contributed by atoms with E-state index < -0.39 is 0 Å². The van der Waals surface area contributed by atoms with Gasteiger partial charge in [0.25, 0.3) is 0 Å². The molecule has 1 saturated carbocycles. The number of carbonyl (C=O) groups is 2. The van der Waals surface area contributed by atoms with Gasteiger partial charge < -0.3 is 16.4 Å². The summed E-state index contributed by atoms with van der Waals surface area (Å²) in [6.45, 7) is 1.10. The zero-order chi connectivity index (χ0) is 13.7. The van der Waals surface area contributed by atoms with Crippen LogP contribution in [0.4, 0.5) is 0 Å². The van der Waals surface area contributed by atoms with Gasteiger partial charge in [-0.3, -0.25) is 9.59 Å². The molecule has 116 valence electrons. The highest BCUT2D eigenvalue weighted by Gasteiger charge is 2.29. The normalized spacial score (nSPS) is 25.2. The maximum atomic E-state index is 12.2. The lowest BCUT2D eigenvalue weighted by Crippen LogP contribution is -2.50. The standard InChI is InChI=1S/C14H25N3O2.ClH/c15-9-12(10-4-2-1-3-5-10)17-14(19)11-6-7-16-13(18)8-11;/h10-12H,1-9,15H2,(H,16,18)(H,17,19);1H. The fraction of sp³-hybridized carbons (Fsp3) is 0.857. The first-order valence-electron chi connectivity index (χ1n) is 7.48. The molecule has 1 heterocycles. The molecule has 0 aromatic heterocycles. The lowest BCUT2D eigenvalue weighted by atomic mass is 9.83. The predicted octanol–water partition coefficient (Wildman–Crippen LogP) is 0.958. The summed E-state index contributed by atoms with van der Waals surface area (Å²) in [7, 11) is 0. The monoisotopic (exact) mass is 303 g/mol. The van der Waals surface area contributed by atoms with E-state index in [0.29, 0.717) is 25.4 Å². The summed E-state index contributed by atoms with van der Waals surface area (Å²) in [6.07, 6.45) is 7.14. The molecular weight excluding hydrogens is 278 g/mol. The fourth-order valence-electron chi connectivity index (χ4n) is 3.21. The predicted molar refractivity (Wildman–Crippen MR) is 80.5 cm³/mol. The number of hydrogen-bond acceptors (Lipinski definition) is 3. The van der Waals surface area contributed by atoms with Gasteiger partial charge in [0.2, 0.25) is 11.8 Å². The average Bonchev–Trinajstić information content (AvgIpc) is 2.45. The van der Waals surface area contributed by atoms with Crippen molar-refractivity contribution in [3.05, 3.63) is 0 Å². The maximum absolute atomic E-state index is 12.2. The van der Waals surface area contributed by atoms with Crippen molar-refractivity contribution in [3.8, 4) is 0 Å². The van der Waals surface area contributed by atoms with E-state index in [2.05, 4.69) is 10.6 Å². The second-order valence-electron chi connectivity index (χ2n) is 5.79. The van der Waals surface area contributed by atoms with Gasteiger partial charge in [0.05, 0.1) is 0 Å². The van der Waals surface area contributed by atoms with Crippen LogP contribution in [-0.2, 0) is 9.59 Å². The Morgan fingerprint density at radius 2 is 2.00 bits per heavy atom. The minimum Gasteiger partial charge on any atom is -0.356 e. The lowest BCUT2D eigenvalue weighted by molar-refractivity contribution is -0.133. The van der Waals surface area contributed by atoms with E-state index in [1.165, 1.54) is 19.3 Å². The molecular formula is C14H26ClN3O2. The Kier molecular flexibility index (Phi) is 7.30. The minimum atomic E-state index is -0.175. The molecule has 2 rings (SSSR count). The highest BCUT2D eigenvalue weighted by atomic mass is 35.5. The van der Waals surface area contributed by atoms with Gasteiger partial charge in [-0.05, 0) is 25.2 Å². The van der Waals surface area contributed by atoms with Crippen LogP contribution in [0.5, 0.6) is 0 Å². The second kappa shape index (κ2) is 8.47. The zero-order valence-corrected chi connectivity index (χ0v) is 12.7. The van der Waals surface area contributed by atoms with Crippen molar-refractivity contribution in [1.82, 2.24) is 10.6 Å². The van der Waals surface area contributed by atoms with E-state index in [-0.39, 0.29) is 36.2 Å². The number of rotatable bonds is 4. The number of nitrogens with two attached hydrogens (primary N) is 1. The summed E-state index contributed by atoms with van der Waals surface area (Å²) in [4.78, 5) is 23.5. The molecule has 5 nitrogen and oxygen atoms in total. The molecule has 4 N–H and O–H groups in total. The molecule has 1 saturated heterocycles. The number of nitrogens with one attached hydrogen (secondary N) is 2. The van der Waals surface area contributed by atoms with E-state index in [0.717, 1.165) is 19.3 Å². The van der Waals surface area contributed by atoms with Crippen LogP contribution in [0.2, 0.25) is 0 Å². The van der Waals surface area contributed by atoms with Crippen molar-refractivity contribution < 1.29 is 9.59 Å². The van der Waals surface area contributed by atoms with Crippen molar-refractivity contribution in [3.63, 3.8) is 0 Å². The Morgan fingerprint density at radius 3 is 2.60 bits per heavy atom. The largest absolute Gasteiger partial charge is 0.356 e. The number of carbonyl (C=O) groups excluding carboxylic acids is 2. The van der Waals surface area contributed by atoms with E-state index in [9.17, 15) is 9.59 Å². The highest BCUT2D eigenvalue weighted by Crippen LogP contribution is 2.26. The topological polar surface area (TPSA) is 84.2 Å². The van der Waals surface area contributed by atoms with Crippen LogP contribution in [0, 0.1) is 11.8 Å². The molecule has 2 unspecified atom stereocenters. The quantitative estimate of drug-likeness (QED) is 0.723. The Hall–Kier alpha value is -0.810. The Morgan fingerprint density at radius 1 is 1.30 bits per heavy atom. The zero-order valence-electron chi connectivity index (χ0n) is 11.9. The molecule has 0 radical (unpaired) electrons. The third-order valence-corrected chi connectivity index (χ3v) is 4.42. The summed E-state index contributed by atoms with van der Waals surface area (Å²) in [5.74, 6) is 0.329. The highest BCUT2D eigenvalue weighted by molar-refractivity contribution is 5.87. The van der Waals surface area contributed by atoms with Crippen molar-refractivity contribution in [1.29, 1.82) is 0 Å². The van der Waals surface area contributed by atoms with Crippen LogP contribution in [0.3, 0.4) is 0 Å². The molecule has 2 atom stereocenters. The van der Waals surface area contributed by atoms with Crippen LogP contribution < -0.4 is 16.4 Å². The molecule has 0 aromatic rings. The molecule has 0 spiro atoms. The SMILES string of the molecule is Cl.NCC(NC(=O)C1CCNC(=O)C1)C1CCCCC1. The molecule has 1 aliphatic carbocycles. The summed E-state index contributed by atoms with van der Waals surface area (Å²) in [5.41, 5.74) is 5.81. The number of hydrogen-bond donors (Lipinski definition) is 3. The van der Waals surface area contributed by atoms with Crippen molar-refractivity contribution in [2.24, 2.45) is 17.6 Å². The number of piperidine rings is 1.